The molecule has 25 heavy (non-hydrogen) atoms. The Morgan fingerprint density at radius 1 is 1.20 bits per heavy atom. The van der Waals surface area contributed by atoms with E-state index in [9.17, 15) is 0 Å². The van der Waals surface area contributed by atoms with Gasteiger partial charge in [-0.25, -0.2) is 0 Å². The number of ether oxygens (including phenoxy) is 1. The molecule has 1 aliphatic heterocycles. The first kappa shape index (κ1) is 16.2. The fourth-order valence-corrected chi connectivity index (χ4v) is 3.17. The molecule has 2 aromatic heterocycles. The summed E-state index contributed by atoms with van der Waals surface area (Å²) in [5.41, 5.74) is 1.93. The van der Waals surface area contributed by atoms with Crippen molar-refractivity contribution in [1.82, 2.24) is 14.7 Å². The number of fused-ring (bicyclic) bond motifs is 1. The van der Waals surface area contributed by atoms with Gasteiger partial charge < -0.3 is 14.5 Å². The SMILES string of the molecule is CC(Nc1cnn(CCN2CCOCC2)c1)c1cc2ccccc2o1. The quantitative estimate of drug-likeness (QED) is 0.747. The summed E-state index contributed by atoms with van der Waals surface area (Å²) < 4.78 is 13.3. The van der Waals surface area contributed by atoms with Crippen LogP contribution in [0.3, 0.4) is 0 Å². The molecule has 1 fully saturated rings. The number of morpholine rings is 1. The first-order chi connectivity index (χ1) is 12.3. The Morgan fingerprint density at radius 2 is 2.04 bits per heavy atom. The number of anilines is 1. The van der Waals surface area contributed by atoms with Crippen LogP contribution in [-0.2, 0) is 11.3 Å². The molecule has 0 radical (unpaired) electrons. The summed E-state index contributed by atoms with van der Waals surface area (Å²) >= 11 is 0. The van der Waals surface area contributed by atoms with Gasteiger partial charge in [-0.1, -0.05) is 18.2 Å². The molecule has 1 aliphatic rings. The molecule has 0 spiro atoms. The highest BCUT2D eigenvalue weighted by Crippen LogP contribution is 2.26. The lowest BCUT2D eigenvalue weighted by atomic mass is 10.2. The van der Waals surface area contributed by atoms with Gasteiger partial charge in [-0.15, -0.1) is 0 Å². The van der Waals surface area contributed by atoms with Crippen LogP contribution in [-0.4, -0.2) is 47.5 Å². The van der Waals surface area contributed by atoms with Gasteiger partial charge in [0.05, 0.1) is 37.7 Å². The minimum absolute atomic E-state index is 0.0873. The Labute approximate surface area is 147 Å². The van der Waals surface area contributed by atoms with E-state index < -0.39 is 0 Å². The molecular formula is C19H24N4O2. The Morgan fingerprint density at radius 3 is 2.88 bits per heavy atom. The van der Waals surface area contributed by atoms with Gasteiger partial charge in [0, 0.05) is 31.2 Å². The summed E-state index contributed by atoms with van der Waals surface area (Å²) in [4.78, 5) is 2.41. The van der Waals surface area contributed by atoms with Crippen LogP contribution >= 0.6 is 0 Å². The topological polar surface area (TPSA) is 55.5 Å². The van der Waals surface area contributed by atoms with Gasteiger partial charge >= 0.3 is 0 Å². The highest BCUT2D eigenvalue weighted by atomic mass is 16.5. The molecule has 0 aliphatic carbocycles. The van der Waals surface area contributed by atoms with Gasteiger partial charge in [0.1, 0.15) is 11.3 Å². The molecule has 3 aromatic rings. The molecule has 1 N–H and O–H groups in total. The summed E-state index contributed by atoms with van der Waals surface area (Å²) in [6.45, 7) is 7.68. The molecule has 132 valence electrons. The molecule has 6 heteroatoms. The van der Waals surface area contributed by atoms with Crippen molar-refractivity contribution in [2.24, 2.45) is 0 Å². The smallest absolute Gasteiger partial charge is 0.134 e. The van der Waals surface area contributed by atoms with E-state index in [0.717, 1.165) is 61.8 Å². The average Bonchev–Trinajstić information content (AvgIpc) is 3.27. The largest absolute Gasteiger partial charge is 0.459 e. The van der Waals surface area contributed by atoms with Crippen LogP contribution in [0.5, 0.6) is 0 Å². The van der Waals surface area contributed by atoms with E-state index >= 15 is 0 Å². The van der Waals surface area contributed by atoms with Crippen molar-refractivity contribution >= 4 is 16.7 Å². The van der Waals surface area contributed by atoms with E-state index in [1.807, 2.05) is 29.1 Å². The van der Waals surface area contributed by atoms with Gasteiger partial charge in [0.25, 0.3) is 0 Å². The predicted octanol–water partition coefficient (Wildman–Crippen LogP) is 3.13. The fraction of sp³-hybridized carbons (Fsp3) is 0.421. The molecule has 0 saturated carbocycles. The van der Waals surface area contributed by atoms with Gasteiger partial charge in [-0.2, -0.15) is 5.10 Å². The third-order valence-corrected chi connectivity index (χ3v) is 4.64. The van der Waals surface area contributed by atoms with Crippen molar-refractivity contribution in [2.45, 2.75) is 19.5 Å². The Balaban J connectivity index is 1.35. The third-order valence-electron chi connectivity index (χ3n) is 4.64. The number of para-hydroxylation sites is 1. The lowest BCUT2D eigenvalue weighted by Crippen LogP contribution is -2.38. The van der Waals surface area contributed by atoms with E-state index in [2.05, 4.69) is 40.6 Å². The molecule has 4 rings (SSSR count). The molecular weight excluding hydrogens is 316 g/mol. The Kier molecular flexibility index (Phi) is 4.72. The van der Waals surface area contributed by atoms with Crippen molar-refractivity contribution in [2.75, 3.05) is 38.2 Å². The molecule has 6 nitrogen and oxygen atoms in total. The van der Waals surface area contributed by atoms with Crippen molar-refractivity contribution < 1.29 is 9.15 Å². The molecule has 0 bridgehead atoms. The molecule has 1 saturated heterocycles. The van der Waals surface area contributed by atoms with Crippen LogP contribution in [0.2, 0.25) is 0 Å². The monoisotopic (exact) mass is 340 g/mol. The number of hydrogen-bond acceptors (Lipinski definition) is 5. The number of aromatic nitrogens is 2. The Hall–Kier alpha value is -2.31. The average molecular weight is 340 g/mol. The second-order valence-corrected chi connectivity index (χ2v) is 6.50. The van der Waals surface area contributed by atoms with E-state index in [1.54, 1.807) is 0 Å². The minimum atomic E-state index is 0.0873. The predicted molar refractivity (Wildman–Crippen MR) is 97.7 cm³/mol. The molecule has 3 heterocycles. The van der Waals surface area contributed by atoms with Crippen molar-refractivity contribution in [3.05, 3.63) is 48.5 Å². The number of nitrogens with one attached hydrogen (secondary N) is 1. The van der Waals surface area contributed by atoms with Crippen molar-refractivity contribution in [3.8, 4) is 0 Å². The minimum Gasteiger partial charge on any atom is -0.459 e. The molecule has 1 atom stereocenters. The Bertz CT molecular complexity index is 787. The zero-order valence-electron chi connectivity index (χ0n) is 14.5. The second-order valence-electron chi connectivity index (χ2n) is 6.50. The fourth-order valence-electron chi connectivity index (χ4n) is 3.17. The standard InChI is InChI=1S/C19H24N4O2/c1-15(19-12-16-4-2-3-5-18(16)25-19)21-17-13-20-23(14-17)7-6-22-8-10-24-11-9-22/h2-5,12-15,21H,6-11H2,1H3. The van der Waals surface area contributed by atoms with Gasteiger partial charge in [-0.3, -0.25) is 9.58 Å². The first-order valence-corrected chi connectivity index (χ1v) is 8.85. The molecule has 1 aromatic carbocycles. The van der Waals surface area contributed by atoms with E-state index in [-0.39, 0.29) is 6.04 Å². The maximum absolute atomic E-state index is 5.93. The van der Waals surface area contributed by atoms with Crippen molar-refractivity contribution in [1.29, 1.82) is 0 Å². The van der Waals surface area contributed by atoms with Crippen LogP contribution in [0.4, 0.5) is 5.69 Å². The molecule has 0 amide bonds. The lowest BCUT2D eigenvalue weighted by Gasteiger charge is -2.26. The van der Waals surface area contributed by atoms with Gasteiger partial charge in [0.2, 0.25) is 0 Å². The lowest BCUT2D eigenvalue weighted by molar-refractivity contribution is 0.0360. The summed E-state index contributed by atoms with van der Waals surface area (Å²) in [7, 11) is 0. The zero-order chi connectivity index (χ0) is 17.1. The number of nitrogens with zero attached hydrogens (tertiary/aromatic N) is 3. The van der Waals surface area contributed by atoms with Crippen molar-refractivity contribution in [3.63, 3.8) is 0 Å². The summed E-state index contributed by atoms with van der Waals surface area (Å²) in [6.07, 6.45) is 3.93. The number of rotatable bonds is 6. The highest BCUT2D eigenvalue weighted by molar-refractivity contribution is 5.77. The van der Waals surface area contributed by atoms with Crippen LogP contribution in [0.1, 0.15) is 18.7 Å². The summed E-state index contributed by atoms with van der Waals surface area (Å²) in [5.74, 6) is 0.933. The normalized spacial score (nSPS) is 17.0. The van der Waals surface area contributed by atoms with Crippen LogP contribution in [0.25, 0.3) is 11.0 Å². The number of hydrogen-bond donors (Lipinski definition) is 1. The van der Waals surface area contributed by atoms with E-state index in [0.29, 0.717) is 0 Å². The van der Waals surface area contributed by atoms with Gasteiger partial charge in [-0.05, 0) is 19.1 Å². The van der Waals surface area contributed by atoms with Crippen LogP contribution in [0, 0.1) is 0 Å². The van der Waals surface area contributed by atoms with Crippen LogP contribution < -0.4 is 5.32 Å². The third kappa shape index (κ3) is 3.86. The molecule has 1 unspecified atom stereocenters. The first-order valence-electron chi connectivity index (χ1n) is 8.85. The van der Waals surface area contributed by atoms with Gasteiger partial charge in [0.15, 0.2) is 0 Å². The number of furan rings is 1. The summed E-state index contributed by atoms with van der Waals surface area (Å²) in [5, 5.41) is 9.05. The maximum atomic E-state index is 5.93. The highest BCUT2D eigenvalue weighted by Gasteiger charge is 2.13. The van der Waals surface area contributed by atoms with E-state index in [4.69, 9.17) is 9.15 Å². The summed E-state index contributed by atoms with van der Waals surface area (Å²) in [6, 6.07) is 10.3. The second kappa shape index (κ2) is 7.29. The van der Waals surface area contributed by atoms with E-state index in [1.165, 1.54) is 0 Å². The maximum Gasteiger partial charge on any atom is 0.134 e. The zero-order valence-corrected chi connectivity index (χ0v) is 14.5. The van der Waals surface area contributed by atoms with Crippen LogP contribution in [0.15, 0.2) is 47.1 Å². The number of benzene rings is 1.